The monoisotopic (exact) mass is 398 g/mol. The molecule has 1 aromatic carbocycles. The third kappa shape index (κ3) is 3.47. The van der Waals surface area contributed by atoms with Gasteiger partial charge < -0.3 is 4.57 Å². The van der Waals surface area contributed by atoms with Crippen molar-refractivity contribution in [3.05, 3.63) is 68.8 Å². The van der Waals surface area contributed by atoms with Gasteiger partial charge in [-0.15, -0.1) is 11.8 Å². The molecule has 0 spiro atoms. The lowest BCUT2D eigenvalue weighted by Crippen LogP contribution is -2.14. The Morgan fingerprint density at radius 2 is 1.89 bits per heavy atom. The van der Waals surface area contributed by atoms with Crippen LogP contribution in [0.4, 0.5) is 5.69 Å². The highest BCUT2D eigenvalue weighted by molar-refractivity contribution is 7.98. The largest absolute Gasteiger partial charge is 0.318 e. The topological polar surface area (TPSA) is 83.0 Å². The van der Waals surface area contributed by atoms with Crippen LogP contribution in [0.2, 0.25) is 0 Å². The highest BCUT2D eigenvalue weighted by Gasteiger charge is 2.24. The summed E-state index contributed by atoms with van der Waals surface area (Å²) in [6, 6.07) is 10.0. The van der Waals surface area contributed by atoms with Gasteiger partial charge in [0.25, 0.3) is 0 Å². The summed E-state index contributed by atoms with van der Waals surface area (Å²) in [5, 5.41) is 15.4. The Morgan fingerprint density at radius 3 is 2.50 bits per heavy atom. The van der Waals surface area contributed by atoms with Crippen molar-refractivity contribution in [2.45, 2.75) is 39.1 Å². The zero-order valence-corrected chi connectivity index (χ0v) is 17.3. The van der Waals surface area contributed by atoms with E-state index >= 15 is 0 Å². The van der Waals surface area contributed by atoms with E-state index < -0.39 is 4.92 Å². The van der Waals surface area contributed by atoms with Crippen LogP contribution in [0.3, 0.4) is 0 Å². The number of carbonyl (C=O) groups excluding carboxylic acids is 1. The molecular formula is C20H22N4O3S. The van der Waals surface area contributed by atoms with E-state index in [-0.39, 0.29) is 18.0 Å². The van der Waals surface area contributed by atoms with Crippen LogP contribution in [0.25, 0.3) is 5.69 Å². The summed E-state index contributed by atoms with van der Waals surface area (Å²) >= 11 is 1.66. The van der Waals surface area contributed by atoms with Crippen LogP contribution >= 0.6 is 11.8 Å². The molecule has 28 heavy (non-hydrogen) atoms. The molecule has 0 aliphatic carbocycles. The molecule has 0 unspecified atom stereocenters. The van der Waals surface area contributed by atoms with E-state index in [1.807, 2.05) is 44.4 Å². The number of carbonyl (C=O) groups is 1. The number of hydrogen-bond donors (Lipinski definition) is 0. The summed E-state index contributed by atoms with van der Waals surface area (Å²) in [6.45, 7) is 7.04. The highest BCUT2D eigenvalue weighted by Crippen LogP contribution is 2.26. The minimum Gasteiger partial charge on any atom is -0.318 e. The van der Waals surface area contributed by atoms with Crippen LogP contribution in [0.5, 0.6) is 0 Å². The van der Waals surface area contributed by atoms with E-state index in [9.17, 15) is 14.9 Å². The van der Waals surface area contributed by atoms with Gasteiger partial charge in [-0.05, 0) is 58.2 Å². The predicted octanol–water partition coefficient (Wildman–Crippen LogP) is 4.42. The molecule has 0 aliphatic rings. The Morgan fingerprint density at radius 1 is 1.18 bits per heavy atom. The lowest BCUT2D eigenvalue weighted by atomic mass is 10.1. The minimum absolute atomic E-state index is 0.0321. The smallest absolute Gasteiger partial charge is 0.312 e. The first-order valence-electron chi connectivity index (χ1n) is 8.79. The maximum atomic E-state index is 12.9. The van der Waals surface area contributed by atoms with E-state index in [0.717, 1.165) is 22.0 Å². The fourth-order valence-corrected chi connectivity index (χ4v) is 3.97. The Labute approximate surface area is 167 Å². The number of hydrogen-bond acceptors (Lipinski definition) is 5. The van der Waals surface area contributed by atoms with Crippen molar-refractivity contribution in [1.29, 1.82) is 0 Å². The van der Waals surface area contributed by atoms with E-state index in [1.165, 1.54) is 4.68 Å². The maximum Gasteiger partial charge on any atom is 0.312 e. The third-order valence-electron chi connectivity index (χ3n) is 4.86. The van der Waals surface area contributed by atoms with E-state index in [1.54, 1.807) is 25.6 Å². The number of aromatic nitrogens is 3. The van der Waals surface area contributed by atoms with Crippen molar-refractivity contribution >= 4 is 23.2 Å². The molecule has 3 aromatic rings. The summed E-state index contributed by atoms with van der Waals surface area (Å²) in [5.41, 5.74) is 4.07. The first kappa shape index (κ1) is 19.9. The fourth-order valence-electron chi connectivity index (χ4n) is 3.52. The van der Waals surface area contributed by atoms with Crippen molar-refractivity contribution < 1.29 is 9.72 Å². The van der Waals surface area contributed by atoms with E-state index in [4.69, 9.17) is 0 Å². The van der Waals surface area contributed by atoms with Crippen LogP contribution in [0.15, 0.2) is 35.2 Å². The van der Waals surface area contributed by atoms with Crippen LogP contribution in [0.1, 0.15) is 33.1 Å². The Balaban J connectivity index is 1.96. The van der Waals surface area contributed by atoms with Crippen LogP contribution < -0.4 is 0 Å². The molecule has 7 nitrogen and oxygen atoms in total. The quantitative estimate of drug-likeness (QED) is 0.266. The van der Waals surface area contributed by atoms with Crippen molar-refractivity contribution in [2.75, 3.05) is 6.26 Å². The first-order chi connectivity index (χ1) is 13.2. The molecule has 0 amide bonds. The molecule has 0 aliphatic heterocycles. The van der Waals surface area contributed by atoms with Crippen LogP contribution in [-0.4, -0.2) is 31.3 Å². The van der Waals surface area contributed by atoms with Gasteiger partial charge in [-0.2, -0.15) is 5.10 Å². The normalized spacial score (nSPS) is 11.0. The molecule has 0 radical (unpaired) electrons. The SMILES string of the molecule is CSc1cccc(-n2c(C)cc(C(=O)Cn3nc(C)c([N+](=O)[O-])c3C)c2C)c1. The Kier molecular flexibility index (Phi) is 5.42. The summed E-state index contributed by atoms with van der Waals surface area (Å²) in [7, 11) is 0. The molecular weight excluding hydrogens is 376 g/mol. The molecule has 146 valence electrons. The van der Waals surface area contributed by atoms with Crippen LogP contribution in [0, 0.1) is 37.8 Å². The summed E-state index contributed by atoms with van der Waals surface area (Å²) in [4.78, 5) is 24.8. The molecule has 0 saturated heterocycles. The molecule has 2 heterocycles. The average molecular weight is 398 g/mol. The molecule has 2 aromatic heterocycles. The second-order valence-corrected chi connectivity index (χ2v) is 7.56. The van der Waals surface area contributed by atoms with E-state index in [0.29, 0.717) is 17.0 Å². The maximum absolute atomic E-state index is 12.9. The summed E-state index contributed by atoms with van der Waals surface area (Å²) in [5.74, 6) is -0.124. The summed E-state index contributed by atoms with van der Waals surface area (Å²) in [6.07, 6.45) is 2.02. The van der Waals surface area contributed by atoms with Gasteiger partial charge >= 0.3 is 5.69 Å². The lowest BCUT2D eigenvalue weighted by Gasteiger charge is -2.11. The Bertz CT molecular complexity index is 1080. The lowest BCUT2D eigenvalue weighted by molar-refractivity contribution is -0.386. The second-order valence-electron chi connectivity index (χ2n) is 6.68. The predicted molar refractivity (Wildman–Crippen MR) is 110 cm³/mol. The molecule has 3 rings (SSSR count). The van der Waals surface area contributed by atoms with Gasteiger partial charge in [0.2, 0.25) is 0 Å². The van der Waals surface area contributed by atoms with Gasteiger partial charge in [0, 0.05) is 27.5 Å². The molecule has 0 fully saturated rings. The molecule has 0 N–H and O–H groups in total. The average Bonchev–Trinajstić information content (AvgIpc) is 3.10. The molecule has 0 bridgehead atoms. The van der Waals surface area contributed by atoms with Crippen LogP contribution in [-0.2, 0) is 6.54 Å². The van der Waals surface area contributed by atoms with E-state index in [2.05, 4.69) is 15.7 Å². The number of Topliss-reactive ketones (excluding diaryl/α,β-unsaturated/α-hetero) is 1. The highest BCUT2D eigenvalue weighted by atomic mass is 32.2. The molecule has 0 atom stereocenters. The van der Waals surface area contributed by atoms with Crippen molar-refractivity contribution in [3.63, 3.8) is 0 Å². The second kappa shape index (κ2) is 7.63. The van der Waals surface area contributed by atoms with Gasteiger partial charge in [-0.25, -0.2) is 0 Å². The number of thioether (sulfide) groups is 1. The third-order valence-corrected chi connectivity index (χ3v) is 5.59. The zero-order valence-electron chi connectivity index (χ0n) is 16.5. The summed E-state index contributed by atoms with van der Waals surface area (Å²) < 4.78 is 3.47. The number of rotatable bonds is 6. The number of benzene rings is 1. The van der Waals surface area contributed by atoms with Crippen molar-refractivity contribution in [3.8, 4) is 5.69 Å². The van der Waals surface area contributed by atoms with Crippen molar-refractivity contribution in [1.82, 2.24) is 14.3 Å². The Hall–Kier alpha value is -2.87. The standard InChI is InChI=1S/C20H22N4O3S/c1-12-9-18(14(3)23(12)16-7-6-8-17(10-16)28-5)19(25)11-22-15(4)20(24(26)27)13(2)21-22/h6-10H,11H2,1-5H3. The number of ketones is 1. The van der Waals surface area contributed by atoms with Gasteiger partial charge in [-0.3, -0.25) is 19.6 Å². The van der Waals surface area contributed by atoms with Gasteiger partial charge in [0.05, 0.1) is 4.92 Å². The van der Waals surface area contributed by atoms with Crippen molar-refractivity contribution in [2.24, 2.45) is 0 Å². The molecule has 8 heteroatoms. The minimum atomic E-state index is -0.455. The van der Waals surface area contributed by atoms with Gasteiger partial charge in [0.1, 0.15) is 17.9 Å². The molecule has 0 saturated carbocycles. The van der Waals surface area contributed by atoms with Gasteiger partial charge in [0.15, 0.2) is 5.78 Å². The number of nitrogens with zero attached hydrogens (tertiary/aromatic N) is 4. The fraction of sp³-hybridized carbons (Fsp3) is 0.300. The number of nitro groups is 1. The first-order valence-corrected chi connectivity index (χ1v) is 10.0. The zero-order chi connectivity index (χ0) is 20.6. The van der Waals surface area contributed by atoms with Gasteiger partial charge in [-0.1, -0.05) is 6.07 Å². The number of aryl methyl sites for hydroxylation is 2.